The first-order valence-corrected chi connectivity index (χ1v) is 12.7. The van der Waals surface area contributed by atoms with Crippen molar-refractivity contribution in [3.05, 3.63) is 71.3 Å². The summed E-state index contributed by atoms with van der Waals surface area (Å²) < 4.78 is 5.21. The van der Waals surface area contributed by atoms with Gasteiger partial charge in [-0.25, -0.2) is 4.79 Å². The molecule has 0 aliphatic carbocycles. The average Bonchev–Trinajstić information content (AvgIpc) is 3.44. The number of amides is 3. The Hall–Kier alpha value is -3.35. The molecule has 2 aliphatic heterocycles. The number of nitrogens with zero attached hydrogens (tertiary/aromatic N) is 2. The van der Waals surface area contributed by atoms with E-state index in [4.69, 9.17) is 4.74 Å². The van der Waals surface area contributed by atoms with Crippen molar-refractivity contribution >= 4 is 17.9 Å². The van der Waals surface area contributed by atoms with Gasteiger partial charge >= 0.3 is 6.09 Å². The Balaban J connectivity index is 1.20. The second-order valence-corrected chi connectivity index (χ2v) is 9.34. The summed E-state index contributed by atoms with van der Waals surface area (Å²) in [6.07, 6.45) is 4.96. The van der Waals surface area contributed by atoms with Gasteiger partial charge in [0.2, 0.25) is 11.8 Å². The molecule has 1 atom stereocenters. The molecule has 0 aromatic heterocycles. The number of fused-ring (bicyclic) bond motifs is 1. The Morgan fingerprint density at radius 1 is 0.886 bits per heavy atom. The van der Waals surface area contributed by atoms with Crippen molar-refractivity contribution in [1.29, 1.82) is 0 Å². The molecule has 1 saturated heterocycles. The normalized spacial score (nSPS) is 17.1. The number of carbonyl (C=O) groups excluding carboxylic acids is 3. The van der Waals surface area contributed by atoms with Gasteiger partial charge in [0.1, 0.15) is 12.6 Å². The van der Waals surface area contributed by atoms with Crippen molar-refractivity contribution in [2.75, 3.05) is 19.6 Å². The zero-order valence-electron chi connectivity index (χ0n) is 20.3. The minimum absolute atomic E-state index is 0.0345. The van der Waals surface area contributed by atoms with Gasteiger partial charge < -0.3 is 19.9 Å². The molecule has 2 aromatic carbocycles. The summed E-state index contributed by atoms with van der Waals surface area (Å²) in [4.78, 5) is 41.9. The molecule has 3 amide bonds. The summed E-state index contributed by atoms with van der Waals surface area (Å²) in [5, 5.41) is 2.76. The zero-order valence-corrected chi connectivity index (χ0v) is 20.3. The molecular weight excluding hydrogens is 442 g/mol. The lowest BCUT2D eigenvalue weighted by Crippen LogP contribution is -2.53. The van der Waals surface area contributed by atoms with E-state index in [1.54, 1.807) is 4.90 Å². The topological polar surface area (TPSA) is 79.0 Å². The minimum Gasteiger partial charge on any atom is -0.445 e. The summed E-state index contributed by atoms with van der Waals surface area (Å²) >= 11 is 0. The molecule has 0 unspecified atom stereocenters. The Bertz CT molecular complexity index is 1000. The van der Waals surface area contributed by atoms with Crippen LogP contribution in [0.5, 0.6) is 0 Å². The predicted octanol–water partition coefficient (Wildman–Crippen LogP) is 4.05. The van der Waals surface area contributed by atoms with Gasteiger partial charge in [-0.2, -0.15) is 0 Å². The minimum atomic E-state index is -0.430. The standard InChI is InChI=1S/C28H35N3O4/c32-26(15-5-2-8-16-29-28(34)35-21-22-11-3-1-4-12-22)31-20-24-14-7-6-13-23(24)19-25(31)27(33)30-17-9-10-18-30/h1,3-4,6-7,11-14,25H,2,5,8-10,15-21H2,(H,29,34)/t25-/m0/s1. The third-order valence-corrected chi connectivity index (χ3v) is 6.82. The van der Waals surface area contributed by atoms with Crippen LogP contribution in [0.1, 0.15) is 55.2 Å². The second-order valence-electron chi connectivity index (χ2n) is 9.34. The van der Waals surface area contributed by atoms with E-state index < -0.39 is 12.1 Å². The van der Waals surface area contributed by atoms with Gasteiger partial charge in [0.05, 0.1) is 0 Å². The quantitative estimate of drug-likeness (QED) is 0.553. The lowest BCUT2D eigenvalue weighted by molar-refractivity contribution is -0.146. The molecule has 4 rings (SSSR count). The third-order valence-electron chi connectivity index (χ3n) is 6.82. The lowest BCUT2D eigenvalue weighted by Gasteiger charge is -2.38. The smallest absolute Gasteiger partial charge is 0.407 e. The molecule has 2 heterocycles. The van der Waals surface area contributed by atoms with Crippen molar-refractivity contribution in [2.45, 2.75) is 64.1 Å². The molecule has 1 fully saturated rings. The first-order valence-electron chi connectivity index (χ1n) is 12.7. The van der Waals surface area contributed by atoms with Gasteiger partial charge in [-0.15, -0.1) is 0 Å². The van der Waals surface area contributed by atoms with Crippen molar-refractivity contribution < 1.29 is 19.1 Å². The summed E-state index contributed by atoms with van der Waals surface area (Å²) in [6.45, 7) is 2.83. The van der Waals surface area contributed by atoms with Crippen LogP contribution in [0.4, 0.5) is 4.79 Å². The van der Waals surface area contributed by atoms with Gasteiger partial charge in [0.25, 0.3) is 0 Å². The van der Waals surface area contributed by atoms with Gasteiger partial charge in [-0.3, -0.25) is 9.59 Å². The van der Waals surface area contributed by atoms with Crippen LogP contribution in [0.3, 0.4) is 0 Å². The number of carbonyl (C=O) groups is 3. The third kappa shape index (κ3) is 6.84. The van der Waals surface area contributed by atoms with Crippen LogP contribution in [0.25, 0.3) is 0 Å². The highest BCUT2D eigenvalue weighted by Gasteiger charge is 2.37. The maximum Gasteiger partial charge on any atom is 0.407 e. The number of ether oxygens (including phenoxy) is 1. The summed E-state index contributed by atoms with van der Waals surface area (Å²) in [5.74, 6) is 0.121. The highest BCUT2D eigenvalue weighted by atomic mass is 16.5. The first-order chi connectivity index (χ1) is 17.1. The Morgan fingerprint density at radius 3 is 2.37 bits per heavy atom. The van der Waals surface area contributed by atoms with E-state index in [0.29, 0.717) is 25.9 Å². The molecule has 0 bridgehead atoms. The molecule has 2 aliphatic rings. The van der Waals surface area contributed by atoms with E-state index in [1.165, 1.54) is 5.56 Å². The summed E-state index contributed by atoms with van der Waals surface area (Å²) in [6, 6.07) is 17.3. The number of benzene rings is 2. The summed E-state index contributed by atoms with van der Waals surface area (Å²) in [7, 11) is 0. The van der Waals surface area contributed by atoms with Gasteiger partial charge in [-0.05, 0) is 42.4 Å². The van der Waals surface area contributed by atoms with Crippen molar-refractivity contribution in [3.63, 3.8) is 0 Å². The van der Waals surface area contributed by atoms with E-state index >= 15 is 0 Å². The zero-order chi connectivity index (χ0) is 24.5. The van der Waals surface area contributed by atoms with Crippen LogP contribution in [0.15, 0.2) is 54.6 Å². The molecule has 0 radical (unpaired) electrons. The van der Waals surface area contributed by atoms with Crippen molar-refractivity contribution in [3.8, 4) is 0 Å². The highest BCUT2D eigenvalue weighted by molar-refractivity contribution is 5.88. The molecule has 0 saturated carbocycles. The van der Waals surface area contributed by atoms with Gasteiger partial charge in [-0.1, -0.05) is 61.0 Å². The van der Waals surface area contributed by atoms with Crippen LogP contribution in [-0.4, -0.2) is 53.4 Å². The number of alkyl carbamates (subject to hydrolysis) is 1. The molecule has 35 heavy (non-hydrogen) atoms. The van der Waals surface area contributed by atoms with Crippen molar-refractivity contribution in [2.24, 2.45) is 0 Å². The Labute approximate surface area is 207 Å². The Kier molecular flexibility index (Phi) is 8.76. The molecule has 7 heteroatoms. The van der Waals surface area contributed by atoms with E-state index in [2.05, 4.69) is 17.4 Å². The van der Waals surface area contributed by atoms with Crippen LogP contribution in [-0.2, 0) is 33.9 Å². The maximum atomic E-state index is 13.2. The number of likely N-dealkylation sites (tertiary alicyclic amines) is 1. The molecule has 186 valence electrons. The fraction of sp³-hybridized carbons (Fsp3) is 0.464. The molecular formula is C28H35N3O4. The van der Waals surface area contributed by atoms with Crippen LogP contribution in [0.2, 0.25) is 0 Å². The highest BCUT2D eigenvalue weighted by Crippen LogP contribution is 2.26. The number of hydrogen-bond acceptors (Lipinski definition) is 4. The molecule has 1 N–H and O–H groups in total. The van der Waals surface area contributed by atoms with Crippen LogP contribution >= 0.6 is 0 Å². The molecule has 0 spiro atoms. The van der Waals surface area contributed by atoms with Gasteiger partial charge in [0, 0.05) is 39.0 Å². The lowest BCUT2D eigenvalue weighted by atomic mass is 9.92. The fourth-order valence-electron chi connectivity index (χ4n) is 4.84. The van der Waals surface area contributed by atoms with E-state index in [-0.39, 0.29) is 18.4 Å². The summed E-state index contributed by atoms with van der Waals surface area (Å²) in [5.41, 5.74) is 3.24. The van der Waals surface area contributed by atoms with E-state index in [1.807, 2.05) is 47.4 Å². The SMILES string of the molecule is O=C(NCCCCCC(=O)N1Cc2ccccc2C[C@H]1C(=O)N1CCCC1)OCc1ccccc1. The molecule has 7 nitrogen and oxygen atoms in total. The number of unbranched alkanes of at least 4 members (excludes halogenated alkanes) is 2. The number of nitrogens with one attached hydrogen (secondary N) is 1. The first kappa shape index (κ1) is 24.8. The average molecular weight is 478 g/mol. The largest absolute Gasteiger partial charge is 0.445 e. The van der Waals surface area contributed by atoms with E-state index in [0.717, 1.165) is 56.3 Å². The number of rotatable bonds is 9. The molecule has 2 aromatic rings. The number of hydrogen-bond donors (Lipinski definition) is 1. The Morgan fingerprint density at radius 2 is 1.60 bits per heavy atom. The predicted molar refractivity (Wildman–Crippen MR) is 133 cm³/mol. The second kappa shape index (κ2) is 12.4. The van der Waals surface area contributed by atoms with Gasteiger partial charge in [0.15, 0.2) is 0 Å². The van der Waals surface area contributed by atoms with Crippen molar-refractivity contribution in [1.82, 2.24) is 15.1 Å². The van der Waals surface area contributed by atoms with E-state index in [9.17, 15) is 14.4 Å². The monoisotopic (exact) mass is 477 g/mol. The van der Waals surface area contributed by atoms with Crippen LogP contribution < -0.4 is 5.32 Å². The fourth-order valence-corrected chi connectivity index (χ4v) is 4.84. The van der Waals surface area contributed by atoms with Crippen LogP contribution in [0, 0.1) is 0 Å². The maximum absolute atomic E-state index is 13.2.